The Bertz CT molecular complexity index is 422. The Kier molecular flexibility index (Phi) is 6.10. The van der Waals surface area contributed by atoms with Gasteiger partial charge in [0.15, 0.2) is 0 Å². The average molecular weight is 289 g/mol. The third-order valence-electron chi connectivity index (χ3n) is 4.12. The minimum Gasteiger partial charge on any atom is -0.382 e. The number of aryl methyl sites for hydroxylation is 1. The molecule has 0 amide bonds. The summed E-state index contributed by atoms with van der Waals surface area (Å²) in [6.45, 7) is 7.28. The zero-order chi connectivity index (χ0) is 15.1. The van der Waals surface area contributed by atoms with Crippen molar-refractivity contribution in [3.63, 3.8) is 0 Å². The van der Waals surface area contributed by atoms with Crippen molar-refractivity contribution in [1.82, 2.24) is 0 Å². The van der Waals surface area contributed by atoms with Gasteiger partial charge >= 0.3 is 0 Å². The second-order valence-electron chi connectivity index (χ2n) is 7.20. The summed E-state index contributed by atoms with van der Waals surface area (Å²) >= 11 is 0. The van der Waals surface area contributed by atoms with Gasteiger partial charge in [0.1, 0.15) is 0 Å². The van der Waals surface area contributed by atoms with Gasteiger partial charge in [0.2, 0.25) is 0 Å². The van der Waals surface area contributed by atoms with Crippen LogP contribution in [0.15, 0.2) is 24.3 Å². The van der Waals surface area contributed by atoms with E-state index in [9.17, 15) is 0 Å². The maximum absolute atomic E-state index is 5.75. The highest BCUT2D eigenvalue weighted by Crippen LogP contribution is 2.26. The van der Waals surface area contributed by atoms with Crippen LogP contribution in [-0.2, 0) is 11.2 Å². The maximum atomic E-state index is 5.75. The van der Waals surface area contributed by atoms with Crippen LogP contribution in [0.4, 0.5) is 5.69 Å². The summed E-state index contributed by atoms with van der Waals surface area (Å²) in [6.07, 6.45) is 8.95. The molecular weight excluding hydrogens is 258 g/mol. The molecule has 1 atom stereocenters. The Morgan fingerprint density at radius 2 is 1.86 bits per heavy atom. The normalized spacial score (nSPS) is 18.1. The van der Waals surface area contributed by atoms with E-state index < -0.39 is 0 Å². The van der Waals surface area contributed by atoms with Gasteiger partial charge in [-0.3, -0.25) is 0 Å². The molecule has 21 heavy (non-hydrogen) atoms. The Balaban J connectivity index is 1.54. The van der Waals surface area contributed by atoms with Gasteiger partial charge in [0.05, 0.1) is 5.60 Å². The van der Waals surface area contributed by atoms with Gasteiger partial charge < -0.3 is 10.1 Å². The van der Waals surface area contributed by atoms with E-state index in [0.29, 0.717) is 6.04 Å². The molecule has 1 unspecified atom stereocenters. The zero-order valence-corrected chi connectivity index (χ0v) is 14.0. The molecule has 0 aromatic heterocycles. The highest BCUT2D eigenvalue weighted by atomic mass is 16.5. The van der Waals surface area contributed by atoms with Crippen LogP contribution in [0.5, 0.6) is 0 Å². The molecule has 118 valence electrons. The molecule has 2 nitrogen and oxygen atoms in total. The third-order valence-corrected chi connectivity index (χ3v) is 4.12. The van der Waals surface area contributed by atoms with Gasteiger partial charge in [-0.15, -0.1) is 0 Å². The number of anilines is 1. The zero-order valence-electron chi connectivity index (χ0n) is 14.0. The number of unbranched alkanes of at least 4 members (excludes halogenated alkanes) is 3. The molecule has 0 radical (unpaired) electrons. The van der Waals surface area contributed by atoms with E-state index in [1.807, 2.05) is 0 Å². The topological polar surface area (TPSA) is 21.3 Å². The van der Waals surface area contributed by atoms with Crippen molar-refractivity contribution in [3.05, 3.63) is 29.8 Å². The quantitative estimate of drug-likeness (QED) is 0.698. The smallest absolute Gasteiger partial charge is 0.0598 e. The lowest BCUT2D eigenvalue weighted by Crippen LogP contribution is -2.25. The molecule has 1 aliphatic heterocycles. The maximum Gasteiger partial charge on any atom is 0.0598 e. The lowest BCUT2D eigenvalue weighted by atomic mass is 9.94. The largest absolute Gasteiger partial charge is 0.382 e. The van der Waals surface area contributed by atoms with Gasteiger partial charge in [-0.1, -0.05) is 37.5 Å². The summed E-state index contributed by atoms with van der Waals surface area (Å²) in [5, 5.41) is 3.69. The summed E-state index contributed by atoms with van der Waals surface area (Å²) < 4.78 is 5.75. The first kappa shape index (κ1) is 16.4. The van der Waals surface area contributed by atoms with Gasteiger partial charge in [0.25, 0.3) is 0 Å². The molecule has 1 N–H and O–H groups in total. The van der Waals surface area contributed by atoms with Crippen molar-refractivity contribution < 1.29 is 4.74 Å². The van der Waals surface area contributed by atoms with Crippen molar-refractivity contribution in [1.29, 1.82) is 0 Å². The second-order valence-corrected chi connectivity index (χ2v) is 7.20. The lowest BCUT2D eigenvalue weighted by Gasteiger charge is -2.27. The van der Waals surface area contributed by atoms with E-state index >= 15 is 0 Å². The molecule has 0 bridgehead atoms. The second kappa shape index (κ2) is 7.84. The Morgan fingerprint density at radius 1 is 1.10 bits per heavy atom. The van der Waals surface area contributed by atoms with Crippen molar-refractivity contribution in [2.24, 2.45) is 0 Å². The Labute approximate surface area is 130 Å². The van der Waals surface area contributed by atoms with Crippen molar-refractivity contribution in [3.8, 4) is 0 Å². The molecule has 1 aromatic rings. The van der Waals surface area contributed by atoms with Crippen LogP contribution in [0.25, 0.3) is 0 Å². The molecular formula is C19H31NO. The summed E-state index contributed by atoms with van der Waals surface area (Å²) in [4.78, 5) is 0. The Morgan fingerprint density at radius 3 is 2.67 bits per heavy atom. The van der Waals surface area contributed by atoms with Crippen molar-refractivity contribution in [2.45, 2.75) is 77.4 Å². The molecule has 1 heterocycles. The van der Waals surface area contributed by atoms with E-state index in [-0.39, 0.29) is 5.60 Å². The molecule has 0 aliphatic carbocycles. The first-order valence-electron chi connectivity index (χ1n) is 8.53. The van der Waals surface area contributed by atoms with Crippen LogP contribution in [0.2, 0.25) is 0 Å². The van der Waals surface area contributed by atoms with E-state index in [4.69, 9.17) is 4.74 Å². The SMILES string of the molecule is CC(C)(C)OCCCCCCC1CCc2ccccc2N1. The van der Waals surface area contributed by atoms with Crippen molar-refractivity contribution in [2.75, 3.05) is 11.9 Å². The summed E-state index contributed by atoms with van der Waals surface area (Å²) in [6, 6.07) is 9.40. The number of hydrogen-bond acceptors (Lipinski definition) is 2. The monoisotopic (exact) mass is 289 g/mol. The van der Waals surface area contributed by atoms with Gasteiger partial charge in [0, 0.05) is 18.3 Å². The van der Waals surface area contributed by atoms with Gasteiger partial charge in [-0.05, 0) is 58.1 Å². The fourth-order valence-electron chi connectivity index (χ4n) is 2.94. The van der Waals surface area contributed by atoms with Crippen LogP contribution >= 0.6 is 0 Å². The molecule has 0 fully saturated rings. The van der Waals surface area contributed by atoms with Gasteiger partial charge in [-0.25, -0.2) is 0 Å². The minimum absolute atomic E-state index is 0.0133. The third kappa shape index (κ3) is 6.09. The predicted octanol–water partition coefficient (Wildman–Crippen LogP) is 5.18. The molecule has 0 spiro atoms. The number of hydrogen-bond donors (Lipinski definition) is 1. The van der Waals surface area contributed by atoms with Crippen LogP contribution < -0.4 is 5.32 Å². The molecule has 0 saturated carbocycles. The summed E-state index contributed by atoms with van der Waals surface area (Å²) in [7, 11) is 0. The number of para-hydroxylation sites is 1. The number of fused-ring (bicyclic) bond motifs is 1. The first-order valence-corrected chi connectivity index (χ1v) is 8.53. The fraction of sp³-hybridized carbons (Fsp3) is 0.684. The van der Waals surface area contributed by atoms with E-state index in [2.05, 4.69) is 50.4 Å². The molecule has 1 aliphatic rings. The van der Waals surface area contributed by atoms with E-state index in [1.54, 1.807) is 0 Å². The van der Waals surface area contributed by atoms with E-state index in [1.165, 1.54) is 56.2 Å². The Hall–Kier alpha value is -1.02. The van der Waals surface area contributed by atoms with Crippen LogP contribution in [0.3, 0.4) is 0 Å². The molecule has 1 aromatic carbocycles. The lowest BCUT2D eigenvalue weighted by molar-refractivity contribution is -0.00475. The molecule has 2 rings (SSSR count). The van der Waals surface area contributed by atoms with Crippen LogP contribution in [-0.4, -0.2) is 18.2 Å². The predicted molar refractivity (Wildman–Crippen MR) is 91.0 cm³/mol. The molecule has 0 saturated heterocycles. The van der Waals surface area contributed by atoms with Crippen LogP contribution in [0.1, 0.15) is 64.9 Å². The highest BCUT2D eigenvalue weighted by Gasteiger charge is 2.16. The number of rotatable bonds is 7. The summed E-state index contributed by atoms with van der Waals surface area (Å²) in [5.74, 6) is 0. The van der Waals surface area contributed by atoms with Crippen molar-refractivity contribution >= 4 is 5.69 Å². The van der Waals surface area contributed by atoms with E-state index in [0.717, 1.165) is 6.61 Å². The number of nitrogens with one attached hydrogen (secondary N) is 1. The van der Waals surface area contributed by atoms with Crippen LogP contribution in [0, 0.1) is 0 Å². The average Bonchev–Trinajstić information content (AvgIpc) is 2.45. The highest BCUT2D eigenvalue weighted by molar-refractivity contribution is 5.53. The number of benzene rings is 1. The minimum atomic E-state index is 0.0133. The fourth-order valence-corrected chi connectivity index (χ4v) is 2.94. The van der Waals surface area contributed by atoms with Gasteiger partial charge in [-0.2, -0.15) is 0 Å². The number of ether oxygens (including phenoxy) is 1. The molecule has 2 heteroatoms. The summed E-state index contributed by atoms with van der Waals surface area (Å²) in [5.41, 5.74) is 2.85. The first-order chi connectivity index (χ1) is 10.0. The standard InChI is InChI=1S/C19H31NO/c1-19(2,3)21-15-9-5-4-6-11-17-14-13-16-10-7-8-12-18(16)20-17/h7-8,10,12,17,20H,4-6,9,11,13-15H2,1-3H3.